The summed E-state index contributed by atoms with van der Waals surface area (Å²) in [6.07, 6.45) is 9.92. The predicted molar refractivity (Wildman–Crippen MR) is 137 cm³/mol. The van der Waals surface area contributed by atoms with Crippen molar-refractivity contribution in [3.63, 3.8) is 0 Å². The minimum atomic E-state index is 0.312. The Labute approximate surface area is 203 Å². The van der Waals surface area contributed by atoms with Crippen molar-refractivity contribution in [1.29, 1.82) is 0 Å². The summed E-state index contributed by atoms with van der Waals surface area (Å²) < 4.78 is 12.0. The number of rotatable bonds is 8. The van der Waals surface area contributed by atoms with Gasteiger partial charge in [0.15, 0.2) is 11.5 Å². The summed E-state index contributed by atoms with van der Waals surface area (Å²) >= 11 is 0. The predicted octanol–water partition coefficient (Wildman–Crippen LogP) is 5.35. The van der Waals surface area contributed by atoms with Crippen LogP contribution >= 0.6 is 0 Å². The lowest BCUT2D eigenvalue weighted by Crippen LogP contribution is -2.53. The number of pyridine rings is 1. The largest absolute Gasteiger partial charge is 0.493 e. The van der Waals surface area contributed by atoms with Gasteiger partial charge in [-0.1, -0.05) is 30.3 Å². The first-order chi connectivity index (χ1) is 16.8. The molecule has 5 heteroatoms. The van der Waals surface area contributed by atoms with E-state index in [1.807, 2.05) is 12.4 Å². The van der Waals surface area contributed by atoms with Crippen LogP contribution in [-0.2, 0) is 13.0 Å². The van der Waals surface area contributed by atoms with Crippen LogP contribution < -0.4 is 14.4 Å². The van der Waals surface area contributed by atoms with Gasteiger partial charge in [-0.15, -0.1) is 0 Å². The number of hydrogen-bond acceptors (Lipinski definition) is 5. The molecule has 0 N–H and O–H groups in total. The summed E-state index contributed by atoms with van der Waals surface area (Å²) in [6, 6.07) is 22.0. The molecule has 2 aliphatic rings. The summed E-state index contributed by atoms with van der Waals surface area (Å²) in [6.45, 7) is 3.94. The Bertz CT molecular complexity index is 1040. The van der Waals surface area contributed by atoms with Crippen LogP contribution in [0.15, 0.2) is 73.1 Å². The topological polar surface area (TPSA) is 37.8 Å². The van der Waals surface area contributed by atoms with Gasteiger partial charge in [-0.3, -0.25) is 9.88 Å². The number of nitrogens with zero attached hydrogens (tertiary/aromatic N) is 3. The van der Waals surface area contributed by atoms with E-state index in [1.165, 1.54) is 29.7 Å². The highest BCUT2D eigenvalue weighted by atomic mass is 16.5. The van der Waals surface area contributed by atoms with Gasteiger partial charge in [0.05, 0.1) is 13.2 Å². The number of benzene rings is 2. The maximum Gasteiger partial charge on any atom is 0.163 e. The summed E-state index contributed by atoms with van der Waals surface area (Å²) in [5.41, 5.74) is 3.92. The molecule has 3 aromatic rings. The Balaban J connectivity index is 1.35. The van der Waals surface area contributed by atoms with Gasteiger partial charge in [0.1, 0.15) is 0 Å². The minimum absolute atomic E-state index is 0.312. The van der Waals surface area contributed by atoms with E-state index in [0.717, 1.165) is 56.9 Å². The molecule has 34 heavy (non-hydrogen) atoms. The maximum atomic E-state index is 6.38. The Morgan fingerprint density at radius 2 is 1.68 bits per heavy atom. The van der Waals surface area contributed by atoms with Crippen molar-refractivity contribution in [3.05, 3.63) is 84.2 Å². The lowest BCUT2D eigenvalue weighted by Gasteiger charge is -2.43. The summed E-state index contributed by atoms with van der Waals surface area (Å²) in [5, 5.41) is 0. The number of anilines is 1. The zero-order chi connectivity index (χ0) is 23.2. The molecule has 1 aliphatic carbocycles. The molecule has 178 valence electrons. The van der Waals surface area contributed by atoms with Gasteiger partial charge in [-0.05, 0) is 67.5 Å². The van der Waals surface area contributed by atoms with E-state index in [2.05, 4.69) is 75.4 Å². The molecule has 0 radical (unpaired) electrons. The summed E-state index contributed by atoms with van der Waals surface area (Å²) in [4.78, 5) is 9.32. The van der Waals surface area contributed by atoms with Gasteiger partial charge >= 0.3 is 0 Å². The number of piperazine rings is 1. The van der Waals surface area contributed by atoms with Crippen LogP contribution in [0.4, 0.5) is 5.69 Å². The van der Waals surface area contributed by atoms with E-state index in [-0.39, 0.29) is 0 Å². The van der Waals surface area contributed by atoms with E-state index < -0.39 is 0 Å². The third-order valence-corrected chi connectivity index (χ3v) is 7.16. The number of methoxy groups -OCH3 is 1. The molecule has 1 aromatic heterocycles. The van der Waals surface area contributed by atoms with Crippen molar-refractivity contribution in [1.82, 2.24) is 9.88 Å². The Kier molecular flexibility index (Phi) is 7.30. The normalized spacial score (nSPS) is 19.3. The molecule has 1 unspecified atom stereocenters. The van der Waals surface area contributed by atoms with E-state index >= 15 is 0 Å². The lowest BCUT2D eigenvalue weighted by atomic mass is 10.0. The highest BCUT2D eigenvalue weighted by Gasteiger charge is 2.28. The number of ether oxygens (including phenoxy) is 2. The van der Waals surface area contributed by atoms with Gasteiger partial charge < -0.3 is 14.4 Å². The van der Waals surface area contributed by atoms with Crippen molar-refractivity contribution in [2.24, 2.45) is 0 Å². The zero-order valence-corrected chi connectivity index (χ0v) is 20.1. The first kappa shape index (κ1) is 22.7. The van der Waals surface area contributed by atoms with E-state index in [4.69, 9.17) is 9.47 Å². The second-order valence-corrected chi connectivity index (χ2v) is 9.47. The van der Waals surface area contributed by atoms with Crippen molar-refractivity contribution >= 4 is 5.69 Å². The second-order valence-electron chi connectivity index (χ2n) is 9.47. The van der Waals surface area contributed by atoms with E-state index in [9.17, 15) is 0 Å². The molecule has 2 heterocycles. The Morgan fingerprint density at radius 3 is 2.44 bits per heavy atom. The molecule has 1 atom stereocenters. The molecule has 2 aromatic carbocycles. The van der Waals surface area contributed by atoms with Gasteiger partial charge in [-0.25, -0.2) is 0 Å². The van der Waals surface area contributed by atoms with Crippen molar-refractivity contribution in [2.75, 3.05) is 31.6 Å². The average Bonchev–Trinajstić information content (AvgIpc) is 3.39. The van der Waals surface area contributed by atoms with Crippen LogP contribution in [0.1, 0.15) is 36.8 Å². The standard InChI is InChI=1S/C29H35N3O2/c1-33-28-12-11-25(20-29(28)34-27-9-5-6-10-27)32-18-17-31(21-24-13-15-30-16-14-24)26(22-32)19-23-7-3-2-4-8-23/h2-4,7-8,11-16,20,26-27H,5-6,9-10,17-19,21-22H2,1H3. The van der Waals surface area contributed by atoms with Crippen LogP contribution in [-0.4, -0.2) is 48.8 Å². The van der Waals surface area contributed by atoms with Gasteiger partial charge in [0.25, 0.3) is 0 Å². The maximum absolute atomic E-state index is 6.38. The van der Waals surface area contributed by atoms with Crippen LogP contribution in [0.25, 0.3) is 0 Å². The van der Waals surface area contributed by atoms with Gasteiger partial charge in [0, 0.05) is 56.4 Å². The molecule has 0 amide bonds. The van der Waals surface area contributed by atoms with Crippen LogP contribution in [0.5, 0.6) is 11.5 Å². The monoisotopic (exact) mass is 457 g/mol. The zero-order valence-electron chi connectivity index (χ0n) is 20.1. The molecule has 1 saturated carbocycles. The van der Waals surface area contributed by atoms with Crippen LogP contribution in [0, 0.1) is 0 Å². The number of aromatic nitrogens is 1. The molecular weight excluding hydrogens is 422 g/mol. The minimum Gasteiger partial charge on any atom is -0.493 e. The molecule has 5 rings (SSSR count). The summed E-state index contributed by atoms with van der Waals surface area (Å²) in [5.74, 6) is 1.71. The molecule has 5 nitrogen and oxygen atoms in total. The highest BCUT2D eigenvalue weighted by molar-refractivity contribution is 5.57. The van der Waals surface area contributed by atoms with E-state index in [1.54, 1.807) is 7.11 Å². The Morgan fingerprint density at radius 1 is 0.882 bits per heavy atom. The SMILES string of the molecule is COc1ccc(N2CCN(Cc3ccncc3)C(Cc3ccccc3)C2)cc1OC1CCCC1. The number of hydrogen-bond donors (Lipinski definition) is 0. The smallest absolute Gasteiger partial charge is 0.163 e. The molecule has 2 fully saturated rings. The molecule has 0 spiro atoms. The fourth-order valence-corrected chi connectivity index (χ4v) is 5.28. The first-order valence-corrected chi connectivity index (χ1v) is 12.5. The van der Waals surface area contributed by atoms with Crippen molar-refractivity contribution < 1.29 is 9.47 Å². The van der Waals surface area contributed by atoms with Crippen molar-refractivity contribution in [3.8, 4) is 11.5 Å². The molecular formula is C29H35N3O2. The third-order valence-electron chi connectivity index (χ3n) is 7.16. The second kappa shape index (κ2) is 10.9. The van der Waals surface area contributed by atoms with Gasteiger partial charge in [0.2, 0.25) is 0 Å². The van der Waals surface area contributed by atoms with Gasteiger partial charge in [-0.2, -0.15) is 0 Å². The fourth-order valence-electron chi connectivity index (χ4n) is 5.28. The molecule has 1 aliphatic heterocycles. The lowest BCUT2D eigenvalue weighted by molar-refractivity contribution is 0.166. The Hall–Kier alpha value is -3.05. The molecule has 0 bridgehead atoms. The quantitative estimate of drug-likeness (QED) is 0.456. The van der Waals surface area contributed by atoms with Crippen molar-refractivity contribution in [2.45, 2.75) is 50.8 Å². The summed E-state index contributed by atoms with van der Waals surface area (Å²) in [7, 11) is 1.73. The first-order valence-electron chi connectivity index (χ1n) is 12.5. The van der Waals surface area contributed by atoms with Crippen LogP contribution in [0.3, 0.4) is 0 Å². The average molecular weight is 458 g/mol. The molecule has 1 saturated heterocycles. The highest BCUT2D eigenvalue weighted by Crippen LogP contribution is 2.36. The van der Waals surface area contributed by atoms with Crippen LogP contribution in [0.2, 0.25) is 0 Å². The third kappa shape index (κ3) is 5.53. The fraction of sp³-hybridized carbons (Fsp3) is 0.414. The van der Waals surface area contributed by atoms with E-state index in [0.29, 0.717) is 12.1 Å².